The zero-order valence-corrected chi connectivity index (χ0v) is 15.3. The first-order valence-corrected chi connectivity index (χ1v) is 8.87. The van der Waals surface area contributed by atoms with Gasteiger partial charge in [-0.1, -0.05) is 55.6 Å². The number of aromatic nitrogens is 3. The molecule has 2 rings (SSSR count). The summed E-state index contributed by atoms with van der Waals surface area (Å²) in [4.78, 5) is 21.5. The average molecular weight is 363 g/mol. The van der Waals surface area contributed by atoms with E-state index in [1.54, 1.807) is 23.1 Å². The molecule has 1 aromatic carbocycles. The van der Waals surface area contributed by atoms with Crippen LogP contribution in [0.25, 0.3) is 0 Å². The van der Waals surface area contributed by atoms with Crippen LogP contribution in [0.5, 0.6) is 0 Å². The number of carbonyl (C=O) groups is 1. The molecule has 0 atom stereocenters. The number of benzene rings is 1. The minimum absolute atomic E-state index is 0.114. The Morgan fingerprint density at radius 2 is 1.92 bits per heavy atom. The van der Waals surface area contributed by atoms with Gasteiger partial charge in [0.25, 0.3) is 0 Å². The van der Waals surface area contributed by atoms with Gasteiger partial charge in [-0.2, -0.15) is 5.10 Å². The minimum atomic E-state index is -0.284. The van der Waals surface area contributed by atoms with E-state index in [4.69, 9.17) is 16.4 Å². The first-order valence-electron chi connectivity index (χ1n) is 8.50. The lowest BCUT2D eigenvalue weighted by Crippen LogP contribution is -2.18. The van der Waals surface area contributed by atoms with E-state index in [1.165, 1.54) is 6.33 Å². The molecule has 0 fully saturated rings. The van der Waals surface area contributed by atoms with Gasteiger partial charge in [-0.05, 0) is 25.0 Å². The van der Waals surface area contributed by atoms with Gasteiger partial charge in [0.05, 0.1) is 12.5 Å². The van der Waals surface area contributed by atoms with E-state index >= 15 is 0 Å². The molecule has 134 valence electrons. The lowest BCUT2D eigenvalue weighted by Gasteiger charge is -2.12. The normalized spacial score (nSPS) is 11.8. The molecule has 0 aliphatic rings. The molecule has 0 aliphatic heterocycles. The zero-order chi connectivity index (χ0) is 18.1. The van der Waals surface area contributed by atoms with Crippen LogP contribution in [0.15, 0.2) is 42.1 Å². The molecule has 1 heterocycles. The van der Waals surface area contributed by atoms with E-state index in [2.05, 4.69) is 29.1 Å². The molecule has 1 aromatic heterocycles. The molecule has 0 radical (unpaired) electrons. The van der Waals surface area contributed by atoms with Crippen LogP contribution in [0, 0.1) is 5.92 Å². The first-order chi connectivity index (χ1) is 12.1. The van der Waals surface area contributed by atoms with Gasteiger partial charge in [0.1, 0.15) is 18.4 Å². The van der Waals surface area contributed by atoms with Crippen LogP contribution in [0.2, 0.25) is 5.02 Å². The Morgan fingerprint density at radius 1 is 1.24 bits per heavy atom. The molecule has 0 aliphatic carbocycles. The van der Waals surface area contributed by atoms with Gasteiger partial charge in [0.15, 0.2) is 0 Å². The second kappa shape index (κ2) is 9.93. The number of carbonyl (C=O) groups excluding carboxylic acids is 1. The van der Waals surface area contributed by atoms with E-state index < -0.39 is 0 Å². The fourth-order valence-corrected chi connectivity index (χ4v) is 2.66. The predicted molar refractivity (Wildman–Crippen MR) is 97.4 cm³/mol. The Labute approximate surface area is 152 Å². The second-order valence-electron chi connectivity index (χ2n) is 5.82. The van der Waals surface area contributed by atoms with Gasteiger partial charge in [-0.25, -0.2) is 14.5 Å². The van der Waals surface area contributed by atoms with Crippen molar-refractivity contribution in [1.29, 1.82) is 0 Å². The highest BCUT2D eigenvalue weighted by atomic mass is 35.5. The molecule has 2 aromatic rings. The summed E-state index contributed by atoms with van der Waals surface area (Å²) in [6.07, 6.45) is 6.52. The molecular weight excluding hydrogens is 340 g/mol. The molecular formula is C18H23ClN4O2. The first kappa shape index (κ1) is 19.1. The van der Waals surface area contributed by atoms with Gasteiger partial charge in [-0.3, -0.25) is 0 Å². The van der Waals surface area contributed by atoms with Gasteiger partial charge >= 0.3 is 5.97 Å². The third kappa shape index (κ3) is 5.98. The number of hydrogen-bond donors (Lipinski definition) is 0. The number of nitrogens with zero attached hydrogens (tertiary/aromatic N) is 4. The van der Waals surface area contributed by atoms with Crippen molar-refractivity contribution in [1.82, 2.24) is 14.8 Å². The SMILES string of the molecule is CCCC(CCC)C(=O)ON=C(Cn1cncn1)c1ccc(Cl)cc1. The van der Waals surface area contributed by atoms with Gasteiger partial charge in [0.2, 0.25) is 0 Å². The van der Waals surface area contributed by atoms with Crippen LogP contribution >= 0.6 is 11.6 Å². The van der Waals surface area contributed by atoms with Crippen LogP contribution in [0.3, 0.4) is 0 Å². The zero-order valence-electron chi connectivity index (χ0n) is 14.6. The van der Waals surface area contributed by atoms with Crippen LogP contribution in [-0.4, -0.2) is 26.4 Å². The van der Waals surface area contributed by atoms with Crippen molar-refractivity contribution < 1.29 is 9.63 Å². The van der Waals surface area contributed by atoms with Crippen molar-refractivity contribution >= 4 is 23.3 Å². The molecule has 7 heteroatoms. The van der Waals surface area contributed by atoms with Crippen molar-refractivity contribution in [2.24, 2.45) is 11.1 Å². The molecule has 0 amide bonds. The lowest BCUT2D eigenvalue weighted by molar-refractivity contribution is -0.149. The molecule has 0 unspecified atom stereocenters. The smallest absolute Gasteiger partial charge is 0.318 e. The van der Waals surface area contributed by atoms with Crippen LogP contribution in [0.1, 0.15) is 45.1 Å². The molecule has 0 bridgehead atoms. The monoisotopic (exact) mass is 362 g/mol. The summed E-state index contributed by atoms with van der Waals surface area (Å²) >= 11 is 5.94. The second-order valence-corrected chi connectivity index (χ2v) is 6.26. The van der Waals surface area contributed by atoms with Crippen molar-refractivity contribution in [3.63, 3.8) is 0 Å². The molecule has 0 saturated heterocycles. The average Bonchev–Trinajstić information content (AvgIpc) is 3.12. The quantitative estimate of drug-likeness (QED) is 0.382. The summed E-state index contributed by atoms with van der Waals surface area (Å²) < 4.78 is 1.62. The van der Waals surface area contributed by atoms with Crippen molar-refractivity contribution in [2.45, 2.75) is 46.1 Å². The van der Waals surface area contributed by atoms with Crippen molar-refractivity contribution in [3.8, 4) is 0 Å². The van der Waals surface area contributed by atoms with Crippen molar-refractivity contribution in [2.75, 3.05) is 0 Å². The Morgan fingerprint density at radius 3 is 2.48 bits per heavy atom. The summed E-state index contributed by atoms with van der Waals surface area (Å²) in [7, 11) is 0. The molecule has 0 spiro atoms. The highest BCUT2D eigenvalue weighted by Gasteiger charge is 2.19. The third-order valence-electron chi connectivity index (χ3n) is 3.81. The summed E-state index contributed by atoms with van der Waals surface area (Å²) in [6.45, 7) is 4.47. The van der Waals surface area contributed by atoms with E-state index in [9.17, 15) is 4.79 Å². The minimum Gasteiger partial charge on any atom is -0.318 e. The Balaban J connectivity index is 2.17. The fraction of sp³-hybridized carbons (Fsp3) is 0.444. The third-order valence-corrected chi connectivity index (χ3v) is 4.06. The summed E-state index contributed by atoms with van der Waals surface area (Å²) in [5.74, 6) is -0.398. The number of hydrogen-bond acceptors (Lipinski definition) is 5. The standard InChI is InChI=1S/C18H23ClN4O2/c1-3-5-15(6-4-2)18(24)25-22-17(11-23-13-20-12-21-23)14-7-9-16(19)10-8-14/h7-10,12-13,15H,3-6,11H2,1-2H3. The topological polar surface area (TPSA) is 69.4 Å². The lowest BCUT2D eigenvalue weighted by atomic mass is 9.99. The van der Waals surface area contributed by atoms with E-state index in [1.807, 2.05) is 12.1 Å². The highest BCUT2D eigenvalue weighted by Crippen LogP contribution is 2.16. The Hall–Kier alpha value is -2.21. The van der Waals surface area contributed by atoms with Gasteiger partial charge < -0.3 is 4.84 Å². The van der Waals surface area contributed by atoms with E-state index in [-0.39, 0.29) is 11.9 Å². The maximum atomic E-state index is 12.3. The summed E-state index contributed by atoms with van der Waals surface area (Å²) in [6, 6.07) is 7.21. The van der Waals surface area contributed by atoms with Crippen LogP contribution in [-0.2, 0) is 16.2 Å². The maximum absolute atomic E-state index is 12.3. The van der Waals surface area contributed by atoms with Crippen LogP contribution < -0.4 is 0 Å². The van der Waals surface area contributed by atoms with Gasteiger partial charge in [0, 0.05) is 10.6 Å². The molecule has 0 saturated carbocycles. The number of halogens is 1. The number of oxime groups is 1. The maximum Gasteiger partial charge on any atom is 0.338 e. The Bertz CT molecular complexity index is 678. The summed E-state index contributed by atoms with van der Waals surface area (Å²) in [5.41, 5.74) is 1.40. The van der Waals surface area contributed by atoms with Crippen LogP contribution in [0.4, 0.5) is 0 Å². The fourth-order valence-electron chi connectivity index (χ4n) is 2.53. The summed E-state index contributed by atoms with van der Waals surface area (Å²) in [5, 5.41) is 8.83. The van der Waals surface area contributed by atoms with E-state index in [0.29, 0.717) is 17.3 Å². The van der Waals surface area contributed by atoms with Crippen molar-refractivity contribution in [3.05, 3.63) is 47.5 Å². The molecule has 6 nitrogen and oxygen atoms in total. The Kier molecular flexibility index (Phi) is 7.60. The van der Waals surface area contributed by atoms with E-state index in [0.717, 1.165) is 31.2 Å². The number of rotatable bonds is 9. The van der Waals surface area contributed by atoms with Gasteiger partial charge in [-0.15, -0.1) is 0 Å². The predicted octanol–water partition coefficient (Wildman–Crippen LogP) is 4.10. The molecule has 0 N–H and O–H groups in total. The molecule has 25 heavy (non-hydrogen) atoms. The highest BCUT2D eigenvalue weighted by molar-refractivity contribution is 6.30. The largest absolute Gasteiger partial charge is 0.338 e.